The second kappa shape index (κ2) is 8.88. The third-order valence-corrected chi connectivity index (χ3v) is 3.92. The molecule has 2 aliphatic rings. The first kappa shape index (κ1) is 21.8. The van der Waals surface area contributed by atoms with Gasteiger partial charge in [0.2, 0.25) is 0 Å². The minimum atomic E-state index is -3.34. The molecule has 0 aromatic heterocycles. The molecule has 24 heavy (non-hydrogen) atoms. The van der Waals surface area contributed by atoms with Crippen molar-refractivity contribution < 1.29 is 36.7 Å². The second-order valence-corrected chi connectivity index (χ2v) is 8.37. The van der Waals surface area contributed by atoms with E-state index in [2.05, 4.69) is 4.18 Å². The average molecular weight is 370 g/mol. The zero-order chi connectivity index (χ0) is 18.4. The van der Waals surface area contributed by atoms with Crippen molar-refractivity contribution >= 4 is 10.1 Å². The van der Waals surface area contributed by atoms with Crippen molar-refractivity contribution in [2.45, 2.75) is 64.3 Å². The number of ether oxygens (including phenoxy) is 4. The fraction of sp³-hybridized carbons (Fsp3) is 1.00. The Morgan fingerprint density at radius 1 is 1.00 bits per heavy atom. The maximum Gasteiger partial charge on any atom is 0.264 e. The van der Waals surface area contributed by atoms with Gasteiger partial charge in [0.05, 0.1) is 38.3 Å². The predicted octanol–water partition coefficient (Wildman–Crippen LogP) is 1.02. The molecule has 0 aromatic carbocycles. The Hall–Kier alpha value is -0.290. The third-order valence-electron chi connectivity index (χ3n) is 3.32. The summed E-state index contributed by atoms with van der Waals surface area (Å²) in [5.41, 5.74) is 0. The molecule has 0 aromatic rings. The quantitative estimate of drug-likeness (QED) is 0.692. The van der Waals surface area contributed by atoms with Crippen LogP contribution in [0.4, 0.5) is 0 Å². The van der Waals surface area contributed by atoms with Gasteiger partial charge in [0, 0.05) is 13.0 Å². The van der Waals surface area contributed by atoms with Gasteiger partial charge in [-0.15, -0.1) is 0 Å². The van der Waals surface area contributed by atoms with Crippen LogP contribution >= 0.6 is 0 Å². The summed E-state index contributed by atoms with van der Waals surface area (Å²) in [4.78, 5) is 0. The highest BCUT2D eigenvalue weighted by Crippen LogP contribution is 2.24. The van der Waals surface area contributed by atoms with E-state index in [4.69, 9.17) is 24.1 Å². The molecule has 9 heteroatoms. The van der Waals surface area contributed by atoms with E-state index in [1.54, 1.807) is 0 Å². The van der Waals surface area contributed by atoms with Crippen molar-refractivity contribution in [2.24, 2.45) is 0 Å². The van der Waals surface area contributed by atoms with Gasteiger partial charge in [-0.2, -0.15) is 8.42 Å². The Kier molecular flexibility index (Phi) is 8.05. The van der Waals surface area contributed by atoms with Gasteiger partial charge in [0.15, 0.2) is 11.6 Å². The van der Waals surface area contributed by atoms with E-state index in [9.17, 15) is 8.42 Å². The zero-order valence-corrected chi connectivity index (χ0v) is 15.9. The average Bonchev–Trinajstić information content (AvgIpc) is 2.91. The summed E-state index contributed by atoms with van der Waals surface area (Å²) >= 11 is 0. The summed E-state index contributed by atoms with van der Waals surface area (Å²) in [5, 5.41) is 8.56. The lowest BCUT2D eigenvalue weighted by atomic mass is 10.3. The van der Waals surface area contributed by atoms with Gasteiger partial charge < -0.3 is 24.1 Å². The Bertz CT molecular complexity index is 474. The van der Waals surface area contributed by atoms with Crippen LogP contribution in [0.3, 0.4) is 0 Å². The molecule has 2 fully saturated rings. The lowest BCUT2D eigenvalue weighted by Crippen LogP contribution is -2.22. The molecular formula is C15H30O8S. The van der Waals surface area contributed by atoms with Crippen molar-refractivity contribution in [3.8, 4) is 0 Å². The molecule has 0 amide bonds. The molecule has 2 unspecified atom stereocenters. The summed E-state index contributed by atoms with van der Waals surface area (Å²) in [6.45, 7) is 8.81. The van der Waals surface area contributed by atoms with Gasteiger partial charge in [0.25, 0.3) is 10.1 Å². The molecule has 0 spiro atoms. The van der Waals surface area contributed by atoms with Crippen LogP contribution in [0.15, 0.2) is 0 Å². The Morgan fingerprint density at radius 2 is 1.46 bits per heavy atom. The first-order chi connectivity index (χ1) is 10.9. The van der Waals surface area contributed by atoms with E-state index in [0.29, 0.717) is 26.1 Å². The van der Waals surface area contributed by atoms with Gasteiger partial charge >= 0.3 is 0 Å². The SMILES string of the molecule is CC1(C)OCC(CCO)O1.CC1(C)OCC(CCOS(C)(=O)=O)O1. The number of hydrogen-bond donors (Lipinski definition) is 1. The lowest BCUT2D eigenvalue weighted by molar-refractivity contribution is -0.140. The highest BCUT2D eigenvalue weighted by Gasteiger charge is 2.32. The molecule has 144 valence electrons. The molecule has 0 aliphatic carbocycles. The van der Waals surface area contributed by atoms with Gasteiger partial charge in [-0.05, 0) is 34.1 Å². The van der Waals surface area contributed by atoms with E-state index in [1.165, 1.54) is 0 Å². The second-order valence-electron chi connectivity index (χ2n) is 6.73. The highest BCUT2D eigenvalue weighted by atomic mass is 32.2. The molecule has 1 N–H and O–H groups in total. The minimum absolute atomic E-state index is 0.0771. The molecule has 8 nitrogen and oxygen atoms in total. The molecule has 0 bridgehead atoms. The topological polar surface area (TPSA) is 101 Å². The molecular weight excluding hydrogens is 340 g/mol. The summed E-state index contributed by atoms with van der Waals surface area (Å²) in [6, 6.07) is 0. The minimum Gasteiger partial charge on any atom is -0.396 e. The highest BCUT2D eigenvalue weighted by molar-refractivity contribution is 7.85. The molecule has 2 atom stereocenters. The molecule has 2 aliphatic heterocycles. The standard InChI is InChI=1S/C8H16O5S.C7H14O3/c1-8(2)11-6-7(13-8)4-5-12-14(3,9)10;1-7(2)9-5-6(10-7)3-4-8/h7H,4-6H2,1-3H3;6,8H,3-5H2,1-2H3. The Morgan fingerprint density at radius 3 is 1.79 bits per heavy atom. The first-order valence-corrected chi connectivity index (χ1v) is 9.83. The van der Waals surface area contributed by atoms with Crippen molar-refractivity contribution in [1.29, 1.82) is 0 Å². The van der Waals surface area contributed by atoms with Gasteiger partial charge in [-0.3, -0.25) is 4.18 Å². The van der Waals surface area contributed by atoms with Crippen LogP contribution in [0.2, 0.25) is 0 Å². The van der Waals surface area contributed by atoms with Gasteiger partial charge in [-0.25, -0.2) is 0 Å². The van der Waals surface area contributed by atoms with Crippen molar-refractivity contribution in [2.75, 3.05) is 32.7 Å². The number of aliphatic hydroxyl groups excluding tert-OH is 1. The fourth-order valence-corrected chi connectivity index (χ4v) is 2.68. The van der Waals surface area contributed by atoms with Gasteiger partial charge in [0.1, 0.15) is 0 Å². The molecule has 2 rings (SSSR count). The molecule has 0 radical (unpaired) electrons. The third kappa shape index (κ3) is 9.26. The van der Waals surface area contributed by atoms with Crippen LogP contribution in [0.5, 0.6) is 0 Å². The maximum atomic E-state index is 10.6. The van der Waals surface area contributed by atoms with Crippen molar-refractivity contribution in [1.82, 2.24) is 0 Å². The van der Waals surface area contributed by atoms with Crippen LogP contribution in [-0.2, 0) is 33.2 Å². The van der Waals surface area contributed by atoms with Crippen LogP contribution in [0.1, 0.15) is 40.5 Å². The van der Waals surface area contributed by atoms with Gasteiger partial charge in [-0.1, -0.05) is 0 Å². The Balaban J connectivity index is 0.000000254. The summed E-state index contributed by atoms with van der Waals surface area (Å²) in [5.74, 6) is -1.00. The van der Waals surface area contributed by atoms with Crippen LogP contribution in [-0.4, -0.2) is 70.0 Å². The fourth-order valence-electron chi connectivity index (χ4n) is 2.29. The molecule has 2 heterocycles. The summed E-state index contributed by atoms with van der Waals surface area (Å²) in [6.07, 6.45) is 2.23. The zero-order valence-electron chi connectivity index (χ0n) is 15.1. The van der Waals surface area contributed by atoms with E-state index in [-0.39, 0.29) is 25.4 Å². The van der Waals surface area contributed by atoms with E-state index < -0.39 is 21.7 Å². The molecule has 2 saturated heterocycles. The normalized spacial score (nSPS) is 28.4. The van der Waals surface area contributed by atoms with E-state index >= 15 is 0 Å². The summed E-state index contributed by atoms with van der Waals surface area (Å²) < 4.78 is 47.3. The summed E-state index contributed by atoms with van der Waals surface area (Å²) in [7, 11) is -3.34. The smallest absolute Gasteiger partial charge is 0.264 e. The number of rotatable bonds is 6. The lowest BCUT2D eigenvalue weighted by Gasteiger charge is -2.16. The maximum absolute atomic E-state index is 10.6. The van der Waals surface area contributed by atoms with Crippen LogP contribution in [0.25, 0.3) is 0 Å². The number of aliphatic hydroxyl groups is 1. The van der Waals surface area contributed by atoms with Crippen LogP contribution in [0, 0.1) is 0 Å². The monoisotopic (exact) mass is 370 g/mol. The van der Waals surface area contributed by atoms with Crippen LogP contribution < -0.4 is 0 Å². The largest absolute Gasteiger partial charge is 0.396 e. The van der Waals surface area contributed by atoms with E-state index in [1.807, 2.05) is 27.7 Å². The Labute approximate surface area is 144 Å². The number of hydrogen-bond acceptors (Lipinski definition) is 8. The molecule has 0 saturated carbocycles. The predicted molar refractivity (Wildman–Crippen MR) is 86.9 cm³/mol. The van der Waals surface area contributed by atoms with Crippen molar-refractivity contribution in [3.05, 3.63) is 0 Å². The van der Waals surface area contributed by atoms with E-state index in [0.717, 1.165) is 6.26 Å². The van der Waals surface area contributed by atoms with Crippen molar-refractivity contribution in [3.63, 3.8) is 0 Å². The first-order valence-electron chi connectivity index (χ1n) is 8.01.